The molecule has 2 aromatic rings. The van der Waals surface area contributed by atoms with Gasteiger partial charge in [-0.3, -0.25) is 0 Å². The van der Waals surface area contributed by atoms with Crippen molar-refractivity contribution in [3.8, 4) is 23.0 Å². The zero-order valence-corrected chi connectivity index (χ0v) is 20.3. The SMILES string of the molecule is COc1cc2c(cc1OC)[Se]c1cc(OC)c(OC)cc1[Se]2.[Cl][Pd][Cl]. The minimum absolute atomic E-state index is 0.106. The molecule has 0 atom stereocenters. The zero-order chi connectivity index (χ0) is 18.4. The molecule has 0 unspecified atom stereocenters. The van der Waals surface area contributed by atoms with Crippen molar-refractivity contribution in [2.45, 2.75) is 0 Å². The van der Waals surface area contributed by atoms with Crippen LogP contribution >= 0.6 is 19.1 Å². The third kappa shape index (κ3) is 5.01. The first-order valence-corrected chi connectivity index (χ1v) is 14.2. The van der Waals surface area contributed by atoms with Crippen LogP contribution in [0.4, 0.5) is 0 Å². The summed E-state index contributed by atoms with van der Waals surface area (Å²) in [7, 11) is 16.3. The van der Waals surface area contributed by atoms with Crippen molar-refractivity contribution in [2.75, 3.05) is 28.4 Å². The van der Waals surface area contributed by atoms with E-state index in [9.17, 15) is 0 Å². The second kappa shape index (κ2) is 10.3. The van der Waals surface area contributed by atoms with E-state index in [0.29, 0.717) is 0 Å². The molecule has 0 aromatic heterocycles. The van der Waals surface area contributed by atoms with E-state index in [4.69, 9.17) is 38.0 Å². The van der Waals surface area contributed by atoms with E-state index in [-0.39, 0.29) is 45.9 Å². The monoisotopic (exact) mass is 608 g/mol. The second-order valence-corrected chi connectivity index (χ2v) is 11.5. The molecule has 0 amide bonds. The first-order valence-electron chi connectivity index (χ1n) is 6.81. The average molecular weight is 608 g/mol. The van der Waals surface area contributed by atoms with E-state index in [1.807, 2.05) is 0 Å². The normalized spacial score (nSPS) is 11.6. The number of hydrogen-bond acceptors (Lipinski definition) is 4. The van der Waals surface area contributed by atoms with Gasteiger partial charge in [-0.2, -0.15) is 0 Å². The summed E-state index contributed by atoms with van der Waals surface area (Å²) in [5, 5.41) is 0. The van der Waals surface area contributed by atoms with Crippen LogP contribution in [0.25, 0.3) is 0 Å². The van der Waals surface area contributed by atoms with E-state index < -0.39 is 0 Å². The first-order chi connectivity index (χ1) is 12.1. The predicted octanol–water partition coefficient (Wildman–Crippen LogP) is 0.721. The van der Waals surface area contributed by atoms with Gasteiger partial charge >= 0.3 is 177 Å². The van der Waals surface area contributed by atoms with Gasteiger partial charge in [0.1, 0.15) is 0 Å². The van der Waals surface area contributed by atoms with E-state index in [1.54, 1.807) is 28.4 Å². The first kappa shape index (κ1) is 21.2. The average Bonchev–Trinajstić information content (AvgIpc) is 2.64. The molecule has 1 heterocycles. The van der Waals surface area contributed by atoms with Crippen molar-refractivity contribution < 1.29 is 34.9 Å². The molecule has 0 fully saturated rings. The molecule has 0 spiro atoms. The summed E-state index contributed by atoms with van der Waals surface area (Å²) in [5.41, 5.74) is 0. The van der Waals surface area contributed by atoms with Crippen LogP contribution in [-0.2, 0) is 15.9 Å². The molecule has 0 saturated carbocycles. The van der Waals surface area contributed by atoms with Gasteiger partial charge in [0.15, 0.2) is 0 Å². The Hall–Kier alpha value is -0.0787. The number of hydrogen-bond donors (Lipinski definition) is 0. The van der Waals surface area contributed by atoms with Crippen LogP contribution in [0, 0.1) is 0 Å². The molecule has 0 radical (unpaired) electrons. The van der Waals surface area contributed by atoms with Gasteiger partial charge in [-0.1, -0.05) is 0 Å². The summed E-state index contributed by atoms with van der Waals surface area (Å²) in [6.45, 7) is 0. The molecule has 0 saturated heterocycles. The molecule has 4 nitrogen and oxygen atoms in total. The van der Waals surface area contributed by atoms with Gasteiger partial charge in [-0.05, 0) is 0 Å². The topological polar surface area (TPSA) is 36.9 Å². The van der Waals surface area contributed by atoms with E-state index in [0.717, 1.165) is 23.0 Å². The Morgan fingerprint density at radius 1 is 0.600 bits per heavy atom. The summed E-state index contributed by atoms with van der Waals surface area (Å²) < 4.78 is 27.1. The summed E-state index contributed by atoms with van der Waals surface area (Å²) in [5.74, 6) is 3.18. The van der Waals surface area contributed by atoms with Crippen LogP contribution in [0.5, 0.6) is 23.0 Å². The fourth-order valence-electron chi connectivity index (χ4n) is 2.24. The number of ether oxygens (including phenoxy) is 4. The molecule has 140 valence electrons. The standard InChI is InChI=1S/C16H16O4Se2.2ClH.Pd/c1-17-9-5-13-14(6-10(9)18-2)22-16-8-12(20-4)11(19-3)7-15(16)21-13;;;/h5-8H,1-4H3;2*1H;/q;;;+2/p-2. The maximum atomic E-state index is 5.42. The van der Waals surface area contributed by atoms with Crippen LogP contribution < -0.4 is 36.8 Å². The molecule has 25 heavy (non-hydrogen) atoms. The van der Waals surface area contributed by atoms with Gasteiger partial charge in [0.2, 0.25) is 0 Å². The Bertz CT molecular complexity index is 627. The summed E-state index contributed by atoms with van der Waals surface area (Å²) >= 11 is 0.346. The van der Waals surface area contributed by atoms with Crippen LogP contribution in [0.1, 0.15) is 0 Å². The quantitative estimate of drug-likeness (QED) is 0.410. The second-order valence-electron chi connectivity index (χ2n) is 4.56. The number of methoxy groups -OCH3 is 4. The van der Waals surface area contributed by atoms with Crippen molar-refractivity contribution in [3.63, 3.8) is 0 Å². The number of fused-ring (bicyclic) bond motifs is 2. The molecule has 1 aliphatic rings. The van der Waals surface area contributed by atoms with Crippen LogP contribution in [0.3, 0.4) is 0 Å². The van der Waals surface area contributed by atoms with Gasteiger partial charge in [0, 0.05) is 0 Å². The van der Waals surface area contributed by atoms with Gasteiger partial charge in [-0.15, -0.1) is 0 Å². The Morgan fingerprint density at radius 3 is 0.960 bits per heavy atom. The number of rotatable bonds is 4. The number of halogens is 2. The summed E-state index contributed by atoms with van der Waals surface area (Å²) in [4.78, 5) is 0. The molecule has 0 aliphatic carbocycles. The van der Waals surface area contributed by atoms with Gasteiger partial charge in [0.25, 0.3) is 0 Å². The Balaban J connectivity index is 0.000000701. The van der Waals surface area contributed by atoms with Crippen LogP contribution in [0.2, 0.25) is 0 Å². The van der Waals surface area contributed by atoms with Crippen molar-refractivity contribution in [1.82, 2.24) is 0 Å². The minimum atomic E-state index is -0.106. The molecule has 0 bridgehead atoms. The number of benzene rings is 2. The molecule has 9 heteroatoms. The van der Waals surface area contributed by atoms with E-state index >= 15 is 0 Å². The third-order valence-electron chi connectivity index (χ3n) is 3.34. The Labute approximate surface area is 176 Å². The fourth-order valence-corrected chi connectivity index (χ4v) is 7.78. The maximum absolute atomic E-state index is 5.42. The molecule has 2 aromatic carbocycles. The van der Waals surface area contributed by atoms with Crippen LogP contribution in [0.15, 0.2) is 24.3 Å². The molecule has 1 aliphatic heterocycles. The molecule has 0 N–H and O–H groups in total. The Kier molecular flexibility index (Phi) is 8.75. The molecule has 3 rings (SSSR count). The Morgan fingerprint density at radius 2 is 0.800 bits per heavy atom. The molecular weight excluding hydrogens is 591 g/mol. The van der Waals surface area contributed by atoms with E-state index in [2.05, 4.69) is 24.3 Å². The van der Waals surface area contributed by atoms with Crippen molar-refractivity contribution in [1.29, 1.82) is 0 Å². The van der Waals surface area contributed by atoms with Crippen LogP contribution in [-0.4, -0.2) is 58.4 Å². The van der Waals surface area contributed by atoms with Crippen molar-refractivity contribution in [2.24, 2.45) is 0 Å². The van der Waals surface area contributed by atoms with Crippen molar-refractivity contribution >= 4 is 66.8 Å². The van der Waals surface area contributed by atoms with Gasteiger partial charge in [-0.25, -0.2) is 0 Å². The van der Waals surface area contributed by atoms with Crippen molar-refractivity contribution in [3.05, 3.63) is 24.3 Å². The van der Waals surface area contributed by atoms with E-state index in [1.165, 1.54) is 17.8 Å². The van der Waals surface area contributed by atoms with Gasteiger partial charge < -0.3 is 0 Å². The molecular formula is C16H16Cl2O4PdSe2. The fraction of sp³-hybridized carbons (Fsp3) is 0.250. The summed E-state index contributed by atoms with van der Waals surface area (Å²) in [6.07, 6.45) is 0. The summed E-state index contributed by atoms with van der Waals surface area (Å²) in [6, 6.07) is 8.43. The zero-order valence-electron chi connectivity index (χ0n) is 13.8. The van der Waals surface area contributed by atoms with Gasteiger partial charge in [0.05, 0.1) is 0 Å². The predicted molar refractivity (Wildman–Crippen MR) is 101 cm³/mol. The third-order valence-corrected chi connectivity index (χ3v) is 9.33.